The van der Waals surface area contributed by atoms with Crippen LogP contribution in [0.25, 0.3) is 11.4 Å². The molecule has 8 nitrogen and oxygen atoms in total. The van der Waals surface area contributed by atoms with Crippen LogP contribution >= 0.6 is 0 Å². The Morgan fingerprint density at radius 3 is 2.63 bits per heavy atom. The topological polar surface area (TPSA) is 122 Å². The number of H-pyrrole nitrogens is 1. The van der Waals surface area contributed by atoms with Crippen molar-refractivity contribution >= 4 is 17.5 Å². The fourth-order valence-corrected chi connectivity index (χ4v) is 3.89. The summed E-state index contributed by atoms with van der Waals surface area (Å²) in [5.74, 6) is 0.276. The van der Waals surface area contributed by atoms with Crippen molar-refractivity contribution in [2.75, 3.05) is 5.32 Å². The molecule has 0 saturated heterocycles. The van der Waals surface area contributed by atoms with E-state index in [0.717, 1.165) is 42.5 Å². The van der Waals surface area contributed by atoms with Crippen molar-refractivity contribution in [1.29, 1.82) is 0 Å². The van der Waals surface area contributed by atoms with E-state index in [4.69, 9.17) is 5.73 Å². The van der Waals surface area contributed by atoms with Crippen LogP contribution in [-0.4, -0.2) is 38.2 Å². The lowest BCUT2D eigenvalue weighted by molar-refractivity contribution is 0.0916. The normalized spacial score (nSPS) is 18.8. The van der Waals surface area contributed by atoms with E-state index in [-0.39, 0.29) is 18.0 Å². The molecule has 0 aliphatic heterocycles. The van der Waals surface area contributed by atoms with Gasteiger partial charge in [0.05, 0.1) is 5.69 Å². The van der Waals surface area contributed by atoms with Crippen molar-refractivity contribution in [2.45, 2.75) is 51.6 Å². The Morgan fingerprint density at radius 2 is 1.87 bits per heavy atom. The molecule has 0 bridgehead atoms. The van der Waals surface area contributed by atoms with E-state index >= 15 is 0 Å². The van der Waals surface area contributed by atoms with E-state index in [1.165, 1.54) is 0 Å². The van der Waals surface area contributed by atoms with E-state index in [1.54, 1.807) is 18.3 Å². The molecule has 2 heterocycles. The van der Waals surface area contributed by atoms with Gasteiger partial charge in [0.1, 0.15) is 11.4 Å². The second-order valence-electron chi connectivity index (χ2n) is 7.96. The van der Waals surface area contributed by atoms with Gasteiger partial charge in [0, 0.05) is 24.0 Å². The van der Waals surface area contributed by atoms with Gasteiger partial charge < -0.3 is 16.4 Å². The van der Waals surface area contributed by atoms with Crippen LogP contribution < -0.4 is 16.4 Å². The minimum Gasteiger partial charge on any atom is -0.346 e. The first kappa shape index (κ1) is 20.0. The highest BCUT2D eigenvalue weighted by Crippen LogP contribution is 2.21. The summed E-state index contributed by atoms with van der Waals surface area (Å²) in [6.45, 7) is 4.10. The lowest BCUT2D eigenvalue weighted by Crippen LogP contribution is -2.49. The molecular weight excluding hydrogens is 378 g/mol. The van der Waals surface area contributed by atoms with Crippen LogP contribution in [0, 0.1) is 13.8 Å². The molecule has 0 spiro atoms. The molecule has 0 unspecified atom stereocenters. The predicted octanol–water partition coefficient (Wildman–Crippen LogP) is 3.23. The van der Waals surface area contributed by atoms with Crippen molar-refractivity contribution in [3.05, 3.63) is 53.3 Å². The summed E-state index contributed by atoms with van der Waals surface area (Å²) in [5.41, 5.74) is 11.0. The van der Waals surface area contributed by atoms with Gasteiger partial charge in [-0.15, -0.1) is 0 Å². The van der Waals surface area contributed by atoms with Crippen LogP contribution in [0.5, 0.6) is 0 Å². The average molecular weight is 406 g/mol. The largest absolute Gasteiger partial charge is 0.346 e. The fourth-order valence-electron chi connectivity index (χ4n) is 3.89. The molecule has 1 aromatic carbocycles. The number of amides is 1. The van der Waals surface area contributed by atoms with E-state index in [9.17, 15) is 4.79 Å². The molecule has 2 aromatic heterocycles. The highest BCUT2D eigenvalue weighted by atomic mass is 16.2. The van der Waals surface area contributed by atoms with E-state index in [0.29, 0.717) is 23.0 Å². The molecule has 3 aromatic rings. The van der Waals surface area contributed by atoms with Gasteiger partial charge in [0.2, 0.25) is 5.95 Å². The number of nitrogens with two attached hydrogens (primary N) is 1. The van der Waals surface area contributed by atoms with Crippen LogP contribution in [0.2, 0.25) is 0 Å². The molecule has 1 amide bonds. The summed E-state index contributed by atoms with van der Waals surface area (Å²) in [7, 11) is 0. The maximum atomic E-state index is 12.6. The number of carbonyl (C=O) groups is 1. The fraction of sp³-hybridized carbons (Fsp3) is 0.364. The van der Waals surface area contributed by atoms with Gasteiger partial charge in [-0.2, -0.15) is 5.10 Å². The standard InChI is InChI=1S/C22H27N7O/c1-13-9-14(2)11-15(10-13)25-22-24-8-7-18(27-22)19-12-20(29-28-19)21(30)26-17-6-4-3-5-16(17)23/h7-12,16-17H,3-6,23H2,1-2H3,(H,26,30)(H,28,29)(H,24,25,27)/t16-,17+/m1/s1. The van der Waals surface area contributed by atoms with Crippen LogP contribution in [0.3, 0.4) is 0 Å². The third-order valence-electron chi connectivity index (χ3n) is 5.35. The Labute approximate surface area is 175 Å². The molecule has 8 heteroatoms. The summed E-state index contributed by atoms with van der Waals surface area (Å²) in [6, 6.07) is 9.66. The number of nitrogens with zero attached hydrogens (tertiary/aromatic N) is 3. The highest BCUT2D eigenvalue weighted by molar-refractivity contribution is 5.93. The monoisotopic (exact) mass is 405 g/mol. The predicted molar refractivity (Wildman–Crippen MR) is 117 cm³/mol. The molecule has 2 atom stereocenters. The lowest BCUT2D eigenvalue weighted by Gasteiger charge is -2.29. The van der Waals surface area contributed by atoms with Gasteiger partial charge in [0.15, 0.2) is 0 Å². The van der Waals surface area contributed by atoms with Gasteiger partial charge in [-0.3, -0.25) is 9.89 Å². The molecule has 1 fully saturated rings. The van der Waals surface area contributed by atoms with Crippen molar-refractivity contribution in [1.82, 2.24) is 25.5 Å². The number of benzene rings is 1. The third-order valence-corrected chi connectivity index (χ3v) is 5.35. The number of carbonyl (C=O) groups excluding carboxylic acids is 1. The molecular formula is C22H27N7O. The Balaban J connectivity index is 1.48. The van der Waals surface area contributed by atoms with Crippen molar-refractivity contribution < 1.29 is 4.79 Å². The smallest absolute Gasteiger partial charge is 0.269 e. The van der Waals surface area contributed by atoms with Crippen molar-refractivity contribution in [2.24, 2.45) is 5.73 Å². The van der Waals surface area contributed by atoms with Crippen LogP contribution in [0.1, 0.15) is 47.3 Å². The second kappa shape index (κ2) is 8.62. The molecule has 1 saturated carbocycles. The Kier molecular flexibility index (Phi) is 5.76. The maximum absolute atomic E-state index is 12.6. The first-order valence-corrected chi connectivity index (χ1v) is 10.3. The number of rotatable bonds is 5. The Morgan fingerprint density at radius 1 is 1.10 bits per heavy atom. The van der Waals surface area contributed by atoms with E-state index in [2.05, 4.69) is 36.9 Å². The summed E-state index contributed by atoms with van der Waals surface area (Å²) in [6.07, 6.45) is 5.73. The molecule has 0 radical (unpaired) electrons. The van der Waals surface area contributed by atoms with Crippen LogP contribution in [-0.2, 0) is 0 Å². The average Bonchev–Trinajstić information content (AvgIpc) is 3.20. The highest BCUT2D eigenvalue weighted by Gasteiger charge is 2.24. The first-order valence-electron chi connectivity index (χ1n) is 10.3. The summed E-state index contributed by atoms with van der Waals surface area (Å²) < 4.78 is 0. The number of hydrogen-bond acceptors (Lipinski definition) is 6. The lowest BCUT2D eigenvalue weighted by atomic mass is 9.91. The SMILES string of the molecule is Cc1cc(C)cc(Nc2nccc(-c3cc(C(=O)N[C@H]4CCCC[C@H]4N)[nH]n3)n2)c1. The van der Waals surface area contributed by atoms with Gasteiger partial charge in [-0.25, -0.2) is 9.97 Å². The molecule has 30 heavy (non-hydrogen) atoms. The Hall–Kier alpha value is -3.26. The van der Waals surface area contributed by atoms with Gasteiger partial charge in [-0.1, -0.05) is 18.9 Å². The first-order chi connectivity index (χ1) is 14.5. The maximum Gasteiger partial charge on any atom is 0.269 e. The second-order valence-corrected chi connectivity index (χ2v) is 7.96. The third kappa shape index (κ3) is 4.65. The van der Waals surface area contributed by atoms with Crippen molar-refractivity contribution in [3.63, 3.8) is 0 Å². The number of aryl methyl sites for hydroxylation is 2. The molecule has 4 rings (SSSR count). The van der Waals surface area contributed by atoms with E-state index in [1.807, 2.05) is 26.0 Å². The number of anilines is 2. The van der Waals surface area contributed by atoms with Gasteiger partial charge in [-0.05, 0) is 62.1 Å². The quantitative estimate of drug-likeness (QED) is 0.517. The molecule has 1 aliphatic carbocycles. The van der Waals surface area contributed by atoms with Crippen molar-refractivity contribution in [3.8, 4) is 11.4 Å². The minimum absolute atomic E-state index is 0.00522. The zero-order valence-corrected chi connectivity index (χ0v) is 17.3. The van der Waals surface area contributed by atoms with Gasteiger partial charge >= 0.3 is 0 Å². The molecule has 156 valence electrons. The molecule has 1 aliphatic rings. The number of aromatic amines is 1. The zero-order chi connectivity index (χ0) is 21.1. The van der Waals surface area contributed by atoms with Crippen LogP contribution in [0.4, 0.5) is 11.6 Å². The number of aromatic nitrogens is 4. The van der Waals surface area contributed by atoms with Gasteiger partial charge in [0.25, 0.3) is 5.91 Å². The minimum atomic E-state index is -0.196. The number of nitrogens with one attached hydrogen (secondary N) is 3. The van der Waals surface area contributed by atoms with E-state index < -0.39 is 0 Å². The molecule has 5 N–H and O–H groups in total. The number of hydrogen-bond donors (Lipinski definition) is 4. The van der Waals surface area contributed by atoms with Crippen LogP contribution in [0.15, 0.2) is 36.5 Å². The Bertz CT molecular complexity index is 1030. The summed E-state index contributed by atoms with van der Waals surface area (Å²) in [4.78, 5) is 21.4. The summed E-state index contributed by atoms with van der Waals surface area (Å²) in [5, 5.41) is 13.3. The summed E-state index contributed by atoms with van der Waals surface area (Å²) >= 11 is 0. The zero-order valence-electron chi connectivity index (χ0n) is 17.3.